The molecule has 98 valence electrons. The van der Waals surface area contributed by atoms with E-state index in [-0.39, 0.29) is 5.92 Å². The lowest BCUT2D eigenvalue weighted by Crippen LogP contribution is -2.37. The maximum Gasteiger partial charge on any atom is 0.306 e. The molecule has 1 aromatic carbocycles. The van der Waals surface area contributed by atoms with Gasteiger partial charge in [-0.2, -0.15) is 0 Å². The number of aliphatic carboxylic acids is 1. The Morgan fingerprint density at radius 1 is 1.33 bits per heavy atom. The summed E-state index contributed by atoms with van der Waals surface area (Å²) in [6, 6.07) is 6.15. The molecular weight excluding hydrogens is 228 g/mol. The molecule has 0 saturated heterocycles. The van der Waals surface area contributed by atoms with Crippen LogP contribution in [0, 0.1) is 5.92 Å². The fourth-order valence-corrected chi connectivity index (χ4v) is 2.44. The number of para-hydroxylation sites is 1. The third-order valence-electron chi connectivity index (χ3n) is 3.61. The number of carboxylic acids is 1. The Bertz CT molecular complexity index is 459. The van der Waals surface area contributed by atoms with Crippen molar-refractivity contribution in [3.8, 4) is 0 Å². The highest BCUT2D eigenvalue weighted by molar-refractivity contribution is 5.77. The Hall–Kier alpha value is -1.71. The normalized spacial score (nSPS) is 16.4. The van der Waals surface area contributed by atoms with Crippen LogP contribution in [-0.2, 0) is 11.2 Å². The molecule has 0 radical (unpaired) electrons. The topological polar surface area (TPSA) is 43.8 Å². The molecule has 0 amide bonds. The predicted octanol–water partition coefficient (Wildman–Crippen LogP) is 1.84. The summed E-state index contributed by atoms with van der Waals surface area (Å²) >= 11 is 0. The van der Waals surface area contributed by atoms with Crippen LogP contribution >= 0.6 is 0 Å². The first kappa shape index (κ1) is 12.7. The van der Waals surface area contributed by atoms with Crippen molar-refractivity contribution in [1.82, 2.24) is 0 Å². The van der Waals surface area contributed by atoms with Crippen LogP contribution in [-0.4, -0.2) is 38.3 Å². The Balaban J connectivity index is 2.37. The van der Waals surface area contributed by atoms with Gasteiger partial charge in [0.05, 0.1) is 17.3 Å². The van der Waals surface area contributed by atoms with Crippen molar-refractivity contribution in [2.75, 3.05) is 37.0 Å². The molecule has 1 aromatic rings. The molecule has 0 aliphatic carbocycles. The average molecular weight is 248 g/mol. The third kappa shape index (κ3) is 2.28. The van der Waals surface area contributed by atoms with Gasteiger partial charge in [-0.05, 0) is 18.1 Å². The first-order chi connectivity index (χ1) is 8.50. The molecule has 1 atom stereocenters. The van der Waals surface area contributed by atoms with E-state index in [1.165, 1.54) is 11.4 Å². The van der Waals surface area contributed by atoms with Gasteiger partial charge in [0.25, 0.3) is 0 Å². The summed E-state index contributed by atoms with van der Waals surface area (Å²) in [5, 5.41) is 9.04. The maximum atomic E-state index is 11.0. The first-order valence-corrected chi connectivity index (χ1v) is 6.27. The first-order valence-electron chi connectivity index (χ1n) is 6.27. The van der Waals surface area contributed by atoms with Gasteiger partial charge in [0.15, 0.2) is 0 Å². The lowest BCUT2D eigenvalue weighted by Gasteiger charge is -2.36. The predicted molar refractivity (Wildman–Crippen MR) is 73.5 cm³/mol. The number of nitrogens with zero attached hydrogens (tertiary/aromatic N) is 2. The van der Waals surface area contributed by atoms with Crippen molar-refractivity contribution < 1.29 is 9.90 Å². The van der Waals surface area contributed by atoms with E-state index >= 15 is 0 Å². The highest BCUT2D eigenvalue weighted by Crippen LogP contribution is 2.35. The van der Waals surface area contributed by atoms with Gasteiger partial charge in [-0.25, -0.2) is 0 Å². The van der Waals surface area contributed by atoms with Gasteiger partial charge in [-0.3, -0.25) is 4.79 Å². The summed E-state index contributed by atoms with van der Waals surface area (Å²) in [5.41, 5.74) is 3.50. The quantitative estimate of drug-likeness (QED) is 0.886. The lowest BCUT2D eigenvalue weighted by molar-refractivity contribution is -0.141. The van der Waals surface area contributed by atoms with Crippen LogP contribution in [0.2, 0.25) is 0 Å². The molecule has 18 heavy (non-hydrogen) atoms. The summed E-state index contributed by atoms with van der Waals surface area (Å²) < 4.78 is 0. The average Bonchev–Trinajstić information content (AvgIpc) is 2.34. The Morgan fingerprint density at radius 3 is 2.67 bits per heavy atom. The molecule has 4 nitrogen and oxygen atoms in total. The van der Waals surface area contributed by atoms with E-state index in [0.717, 1.165) is 18.7 Å². The van der Waals surface area contributed by atoms with E-state index in [2.05, 4.69) is 30.0 Å². The van der Waals surface area contributed by atoms with Crippen LogP contribution in [0.1, 0.15) is 12.5 Å². The fourth-order valence-electron chi connectivity index (χ4n) is 2.44. The SMILES string of the molecule is CC(Cc1cccc2c1N(C)CCN2C)C(=O)O. The second-order valence-electron chi connectivity index (χ2n) is 5.07. The van der Waals surface area contributed by atoms with E-state index in [0.29, 0.717) is 6.42 Å². The lowest BCUT2D eigenvalue weighted by atomic mass is 9.97. The molecule has 1 aliphatic heterocycles. The minimum Gasteiger partial charge on any atom is -0.481 e. The molecule has 0 saturated carbocycles. The van der Waals surface area contributed by atoms with Crippen molar-refractivity contribution in [3.05, 3.63) is 23.8 Å². The monoisotopic (exact) mass is 248 g/mol. The highest BCUT2D eigenvalue weighted by Gasteiger charge is 2.22. The molecule has 2 rings (SSSR count). The maximum absolute atomic E-state index is 11.0. The standard InChI is InChI=1S/C14H20N2O2/c1-10(14(17)18)9-11-5-4-6-12-13(11)16(3)8-7-15(12)2/h4-6,10H,7-9H2,1-3H3,(H,17,18). The number of fused-ring (bicyclic) bond motifs is 1. The number of rotatable bonds is 3. The van der Waals surface area contributed by atoms with Crippen molar-refractivity contribution >= 4 is 17.3 Å². The summed E-state index contributed by atoms with van der Waals surface area (Å²) in [4.78, 5) is 15.4. The minimum atomic E-state index is -0.737. The van der Waals surface area contributed by atoms with Gasteiger partial charge >= 0.3 is 5.97 Å². The molecule has 0 spiro atoms. The second kappa shape index (κ2) is 4.88. The number of likely N-dealkylation sites (N-methyl/N-ethyl adjacent to an activating group) is 2. The van der Waals surface area contributed by atoms with Crippen molar-refractivity contribution in [3.63, 3.8) is 0 Å². The van der Waals surface area contributed by atoms with Crippen molar-refractivity contribution in [1.29, 1.82) is 0 Å². The summed E-state index contributed by atoms with van der Waals surface area (Å²) in [6.07, 6.45) is 0.580. The van der Waals surface area contributed by atoms with Crippen LogP contribution in [0.3, 0.4) is 0 Å². The molecule has 0 fully saturated rings. The zero-order chi connectivity index (χ0) is 13.3. The number of carboxylic acid groups (broad SMARTS) is 1. The molecule has 0 aromatic heterocycles. The van der Waals surface area contributed by atoms with Crippen LogP contribution < -0.4 is 9.80 Å². The van der Waals surface area contributed by atoms with Gasteiger partial charge < -0.3 is 14.9 Å². The van der Waals surface area contributed by atoms with Gasteiger partial charge in [0, 0.05) is 27.2 Å². The number of hydrogen-bond donors (Lipinski definition) is 1. The zero-order valence-corrected chi connectivity index (χ0v) is 11.2. The molecule has 1 heterocycles. The smallest absolute Gasteiger partial charge is 0.306 e. The van der Waals surface area contributed by atoms with Gasteiger partial charge in [-0.1, -0.05) is 19.1 Å². The molecule has 1 N–H and O–H groups in total. The van der Waals surface area contributed by atoms with Crippen molar-refractivity contribution in [2.24, 2.45) is 5.92 Å². The van der Waals surface area contributed by atoms with Gasteiger partial charge in [-0.15, -0.1) is 0 Å². The zero-order valence-electron chi connectivity index (χ0n) is 11.2. The summed E-state index contributed by atoms with van der Waals surface area (Å²) in [6.45, 7) is 3.73. The Kier molecular flexibility index (Phi) is 3.45. The van der Waals surface area contributed by atoms with E-state index in [1.807, 2.05) is 12.1 Å². The summed E-state index contributed by atoms with van der Waals surface area (Å²) in [5.74, 6) is -1.09. The van der Waals surface area contributed by atoms with E-state index in [9.17, 15) is 4.79 Å². The van der Waals surface area contributed by atoms with Crippen LogP contribution in [0.25, 0.3) is 0 Å². The number of hydrogen-bond acceptors (Lipinski definition) is 3. The molecular formula is C14H20N2O2. The fraction of sp³-hybridized carbons (Fsp3) is 0.500. The van der Waals surface area contributed by atoms with E-state index in [1.54, 1.807) is 6.92 Å². The van der Waals surface area contributed by atoms with Crippen LogP contribution in [0.15, 0.2) is 18.2 Å². The molecule has 4 heteroatoms. The van der Waals surface area contributed by atoms with Crippen LogP contribution in [0.5, 0.6) is 0 Å². The van der Waals surface area contributed by atoms with E-state index < -0.39 is 5.97 Å². The number of anilines is 2. The Morgan fingerprint density at radius 2 is 2.00 bits per heavy atom. The van der Waals surface area contributed by atoms with Crippen molar-refractivity contribution in [2.45, 2.75) is 13.3 Å². The minimum absolute atomic E-state index is 0.350. The van der Waals surface area contributed by atoms with Gasteiger partial charge in [0.2, 0.25) is 0 Å². The highest BCUT2D eigenvalue weighted by atomic mass is 16.4. The Labute approximate surface area is 108 Å². The number of carbonyl (C=O) groups is 1. The molecule has 1 aliphatic rings. The molecule has 1 unspecified atom stereocenters. The van der Waals surface area contributed by atoms with E-state index in [4.69, 9.17) is 5.11 Å². The summed E-state index contributed by atoms with van der Waals surface area (Å²) in [7, 11) is 4.15. The molecule has 0 bridgehead atoms. The largest absolute Gasteiger partial charge is 0.481 e. The number of benzene rings is 1. The van der Waals surface area contributed by atoms with Gasteiger partial charge in [0.1, 0.15) is 0 Å². The third-order valence-corrected chi connectivity index (χ3v) is 3.61. The second-order valence-corrected chi connectivity index (χ2v) is 5.07. The van der Waals surface area contributed by atoms with Crippen LogP contribution in [0.4, 0.5) is 11.4 Å².